The second-order valence-corrected chi connectivity index (χ2v) is 12.3. The summed E-state index contributed by atoms with van der Waals surface area (Å²) in [5.74, 6) is 0.418. The number of amides is 2. The molecule has 2 aromatic rings. The number of rotatable bonds is 9. The Kier molecular flexibility index (Phi) is 8.75. The first-order valence-corrected chi connectivity index (χ1v) is 15.2. The van der Waals surface area contributed by atoms with Gasteiger partial charge in [-0.1, -0.05) is 60.8 Å². The maximum absolute atomic E-state index is 13.0. The van der Waals surface area contributed by atoms with Crippen molar-refractivity contribution in [3.05, 3.63) is 64.1 Å². The molecule has 210 valence electrons. The SMILES string of the molecule is CCCCC(=O)N1CCC(CCCN2CCC3(CC2)C(=O)NCN3c2ccccc2)(c2ccc(Cl)c(Cl)c2)C1. The highest BCUT2D eigenvalue weighted by Gasteiger charge is 2.50. The fraction of sp³-hybridized carbons (Fsp3) is 0.548. The van der Waals surface area contributed by atoms with Gasteiger partial charge >= 0.3 is 0 Å². The molecule has 3 aliphatic heterocycles. The van der Waals surface area contributed by atoms with E-state index < -0.39 is 5.54 Å². The van der Waals surface area contributed by atoms with E-state index in [9.17, 15) is 9.59 Å². The van der Waals surface area contributed by atoms with Crippen LogP contribution in [0.1, 0.15) is 63.9 Å². The molecule has 2 amide bonds. The summed E-state index contributed by atoms with van der Waals surface area (Å²) >= 11 is 12.7. The summed E-state index contributed by atoms with van der Waals surface area (Å²) in [6.45, 7) is 7.01. The van der Waals surface area contributed by atoms with Crippen molar-refractivity contribution in [1.82, 2.24) is 15.1 Å². The standard InChI is InChI=1S/C31H40Cl2N4O2/c1-2-3-10-28(38)36-20-14-30(22-36,24-11-12-26(32)27(33)21-24)13-7-17-35-18-15-31(16-19-35)29(39)34-23-37(31)25-8-5-4-6-9-25/h4-6,8-9,11-12,21H,2-3,7,10,13-20,22-23H2,1H3,(H,34,39). The summed E-state index contributed by atoms with van der Waals surface area (Å²) in [5.41, 5.74) is 1.72. The maximum Gasteiger partial charge on any atom is 0.247 e. The van der Waals surface area contributed by atoms with Gasteiger partial charge in [-0.25, -0.2) is 0 Å². The topological polar surface area (TPSA) is 55.9 Å². The third kappa shape index (κ3) is 5.79. The molecule has 0 aliphatic carbocycles. The fourth-order valence-electron chi connectivity index (χ4n) is 6.80. The van der Waals surface area contributed by atoms with Crippen LogP contribution in [-0.2, 0) is 15.0 Å². The molecule has 0 saturated carbocycles. The van der Waals surface area contributed by atoms with E-state index >= 15 is 0 Å². The highest BCUT2D eigenvalue weighted by Crippen LogP contribution is 2.42. The van der Waals surface area contributed by atoms with E-state index in [1.54, 1.807) is 0 Å². The Labute approximate surface area is 242 Å². The molecule has 0 radical (unpaired) electrons. The smallest absolute Gasteiger partial charge is 0.247 e. The van der Waals surface area contributed by atoms with Gasteiger partial charge in [0.05, 0.1) is 16.7 Å². The number of benzene rings is 2. The van der Waals surface area contributed by atoms with Crippen molar-refractivity contribution in [1.29, 1.82) is 0 Å². The first kappa shape index (κ1) is 28.3. The van der Waals surface area contributed by atoms with E-state index in [1.165, 1.54) is 5.56 Å². The van der Waals surface area contributed by atoms with Crippen LogP contribution in [0.25, 0.3) is 0 Å². The van der Waals surface area contributed by atoms with E-state index in [0.29, 0.717) is 23.1 Å². The summed E-state index contributed by atoms with van der Waals surface area (Å²) < 4.78 is 0. The molecule has 39 heavy (non-hydrogen) atoms. The molecule has 8 heteroatoms. The Morgan fingerprint density at radius 1 is 0.974 bits per heavy atom. The van der Waals surface area contributed by atoms with Crippen molar-refractivity contribution in [2.24, 2.45) is 0 Å². The molecule has 3 heterocycles. The maximum atomic E-state index is 13.0. The molecule has 1 atom stereocenters. The minimum Gasteiger partial charge on any atom is -0.342 e. The number of nitrogens with one attached hydrogen (secondary N) is 1. The number of halogens is 2. The lowest BCUT2D eigenvalue weighted by atomic mass is 9.76. The van der Waals surface area contributed by atoms with Crippen molar-refractivity contribution in [2.45, 2.75) is 69.2 Å². The van der Waals surface area contributed by atoms with Gasteiger partial charge in [0.1, 0.15) is 5.54 Å². The number of carbonyl (C=O) groups is 2. The normalized spacial score (nSPS) is 23.0. The summed E-state index contributed by atoms with van der Waals surface area (Å²) in [5, 5.41) is 4.23. The van der Waals surface area contributed by atoms with Crippen molar-refractivity contribution in [2.75, 3.05) is 44.3 Å². The molecular formula is C31H40Cl2N4O2. The lowest BCUT2D eigenvalue weighted by Gasteiger charge is -2.43. The van der Waals surface area contributed by atoms with E-state index in [1.807, 2.05) is 30.3 Å². The van der Waals surface area contributed by atoms with Gasteiger partial charge in [0.2, 0.25) is 11.8 Å². The Bertz CT molecular complexity index is 1170. The van der Waals surface area contributed by atoms with E-state index in [2.05, 4.69) is 45.1 Å². The van der Waals surface area contributed by atoms with Crippen molar-refractivity contribution < 1.29 is 9.59 Å². The third-order valence-electron chi connectivity index (χ3n) is 9.20. The first-order chi connectivity index (χ1) is 18.9. The molecule has 1 N–H and O–H groups in total. The van der Waals surface area contributed by atoms with Crippen LogP contribution in [0.5, 0.6) is 0 Å². The summed E-state index contributed by atoms with van der Waals surface area (Å²) in [6, 6.07) is 16.3. The average Bonchev–Trinajstić information content (AvgIpc) is 3.53. The zero-order valence-corrected chi connectivity index (χ0v) is 24.4. The zero-order valence-electron chi connectivity index (χ0n) is 22.9. The number of unbranched alkanes of at least 4 members (excludes halogenated alkanes) is 1. The molecule has 3 aliphatic rings. The van der Waals surface area contributed by atoms with E-state index in [0.717, 1.165) is 83.4 Å². The number of likely N-dealkylation sites (tertiary alicyclic amines) is 2. The fourth-order valence-corrected chi connectivity index (χ4v) is 7.10. The number of piperidine rings is 1. The zero-order chi connectivity index (χ0) is 27.5. The van der Waals surface area contributed by atoms with Crippen LogP contribution in [0.2, 0.25) is 10.0 Å². The number of para-hydroxylation sites is 1. The number of nitrogens with zero attached hydrogens (tertiary/aromatic N) is 3. The Morgan fingerprint density at radius 3 is 2.46 bits per heavy atom. The second kappa shape index (κ2) is 12.1. The number of carbonyl (C=O) groups excluding carboxylic acids is 2. The molecule has 3 saturated heterocycles. The van der Waals surface area contributed by atoms with Crippen molar-refractivity contribution in [3.8, 4) is 0 Å². The van der Waals surface area contributed by atoms with Gasteiger partial charge in [-0.05, 0) is 74.9 Å². The van der Waals surface area contributed by atoms with Crippen LogP contribution in [0.4, 0.5) is 5.69 Å². The Hall–Kier alpha value is -2.28. The molecular weight excluding hydrogens is 531 g/mol. The molecule has 0 bridgehead atoms. The lowest BCUT2D eigenvalue weighted by Crippen LogP contribution is -2.56. The molecule has 2 aromatic carbocycles. The second-order valence-electron chi connectivity index (χ2n) is 11.5. The summed E-state index contributed by atoms with van der Waals surface area (Å²) in [7, 11) is 0. The van der Waals surface area contributed by atoms with Crippen molar-refractivity contribution >= 4 is 40.7 Å². The number of anilines is 1. The average molecular weight is 572 g/mol. The first-order valence-electron chi connectivity index (χ1n) is 14.4. The van der Waals surface area contributed by atoms with Gasteiger partial charge in [0.25, 0.3) is 0 Å². The predicted octanol–water partition coefficient (Wildman–Crippen LogP) is 5.86. The van der Waals surface area contributed by atoms with E-state index in [4.69, 9.17) is 23.2 Å². The molecule has 6 nitrogen and oxygen atoms in total. The van der Waals surface area contributed by atoms with Gasteiger partial charge in [0, 0.05) is 43.7 Å². The molecule has 1 unspecified atom stereocenters. The van der Waals surface area contributed by atoms with Crippen LogP contribution in [-0.4, -0.2) is 66.5 Å². The Morgan fingerprint density at radius 2 is 1.74 bits per heavy atom. The number of hydrogen-bond acceptors (Lipinski definition) is 4. The van der Waals surface area contributed by atoms with Crippen LogP contribution in [0, 0.1) is 0 Å². The van der Waals surface area contributed by atoms with Crippen LogP contribution < -0.4 is 10.2 Å². The van der Waals surface area contributed by atoms with Crippen LogP contribution >= 0.6 is 23.2 Å². The molecule has 1 spiro atoms. The van der Waals surface area contributed by atoms with Gasteiger partial charge in [-0.15, -0.1) is 0 Å². The minimum atomic E-state index is -0.454. The molecule has 0 aromatic heterocycles. The van der Waals surface area contributed by atoms with Gasteiger partial charge in [-0.3, -0.25) is 9.59 Å². The Balaban J connectivity index is 1.22. The largest absolute Gasteiger partial charge is 0.342 e. The number of hydrogen-bond donors (Lipinski definition) is 1. The van der Waals surface area contributed by atoms with Gasteiger partial charge in [0.15, 0.2) is 0 Å². The van der Waals surface area contributed by atoms with Crippen LogP contribution in [0.15, 0.2) is 48.5 Å². The van der Waals surface area contributed by atoms with Gasteiger partial charge < -0.3 is 20.0 Å². The van der Waals surface area contributed by atoms with Gasteiger partial charge in [-0.2, -0.15) is 0 Å². The lowest BCUT2D eigenvalue weighted by molar-refractivity contribution is -0.130. The minimum absolute atomic E-state index is 0.109. The van der Waals surface area contributed by atoms with Crippen LogP contribution in [0.3, 0.4) is 0 Å². The monoisotopic (exact) mass is 570 g/mol. The molecule has 3 fully saturated rings. The predicted molar refractivity (Wildman–Crippen MR) is 158 cm³/mol. The van der Waals surface area contributed by atoms with Crippen molar-refractivity contribution in [3.63, 3.8) is 0 Å². The summed E-state index contributed by atoms with van der Waals surface area (Å²) in [4.78, 5) is 32.7. The van der Waals surface area contributed by atoms with E-state index in [-0.39, 0.29) is 17.2 Å². The summed E-state index contributed by atoms with van der Waals surface area (Å²) in [6.07, 6.45) is 7.19. The third-order valence-corrected chi connectivity index (χ3v) is 9.94. The highest BCUT2D eigenvalue weighted by molar-refractivity contribution is 6.42. The molecule has 5 rings (SSSR count). The highest BCUT2D eigenvalue weighted by atomic mass is 35.5. The quantitative estimate of drug-likeness (QED) is 0.410.